The average molecular weight is 256 g/mol. The van der Waals surface area contributed by atoms with E-state index in [1.54, 1.807) is 7.11 Å². The molecule has 8 nitrogen and oxygen atoms in total. The van der Waals surface area contributed by atoms with Crippen molar-refractivity contribution in [1.82, 2.24) is 9.97 Å². The summed E-state index contributed by atoms with van der Waals surface area (Å²) in [5, 5.41) is 13.9. The molecule has 0 saturated carbocycles. The van der Waals surface area contributed by atoms with E-state index in [4.69, 9.17) is 9.47 Å². The Bertz CT molecular complexity index is 413. The molecule has 0 saturated heterocycles. The van der Waals surface area contributed by atoms with Crippen LogP contribution in [-0.2, 0) is 4.74 Å². The van der Waals surface area contributed by atoms with Gasteiger partial charge in [-0.2, -0.15) is 4.98 Å². The summed E-state index contributed by atoms with van der Waals surface area (Å²) in [6.45, 7) is 2.45. The third kappa shape index (κ3) is 3.52. The lowest BCUT2D eigenvalue weighted by Crippen LogP contribution is -2.19. The molecule has 1 heterocycles. The number of nitrogens with one attached hydrogen (secondary N) is 1. The zero-order valence-electron chi connectivity index (χ0n) is 10.5. The van der Waals surface area contributed by atoms with Crippen LogP contribution in [-0.4, -0.2) is 41.8 Å². The van der Waals surface area contributed by atoms with Gasteiger partial charge in [0.2, 0.25) is 5.82 Å². The van der Waals surface area contributed by atoms with Crippen LogP contribution in [0.5, 0.6) is 5.88 Å². The van der Waals surface area contributed by atoms with Gasteiger partial charge in [0.15, 0.2) is 0 Å². The summed E-state index contributed by atoms with van der Waals surface area (Å²) in [4.78, 5) is 18.0. The molecule has 0 aliphatic carbocycles. The molecule has 0 aliphatic rings. The lowest BCUT2D eigenvalue weighted by atomic mass is 10.2. The van der Waals surface area contributed by atoms with Crippen molar-refractivity contribution in [2.45, 2.75) is 19.4 Å². The van der Waals surface area contributed by atoms with Crippen LogP contribution in [0.4, 0.5) is 11.5 Å². The quantitative estimate of drug-likeness (QED) is 0.578. The van der Waals surface area contributed by atoms with Gasteiger partial charge in [0, 0.05) is 19.8 Å². The van der Waals surface area contributed by atoms with E-state index in [2.05, 4.69) is 15.3 Å². The van der Waals surface area contributed by atoms with Gasteiger partial charge in [-0.05, 0) is 13.3 Å². The number of nitrogens with zero attached hydrogens (tertiary/aromatic N) is 3. The van der Waals surface area contributed by atoms with E-state index >= 15 is 0 Å². The Morgan fingerprint density at radius 2 is 2.22 bits per heavy atom. The topological polar surface area (TPSA) is 99.4 Å². The Morgan fingerprint density at radius 1 is 1.50 bits per heavy atom. The predicted octanol–water partition coefficient (Wildman–Crippen LogP) is 1.23. The van der Waals surface area contributed by atoms with Gasteiger partial charge in [0.05, 0.1) is 12.0 Å². The number of anilines is 1. The van der Waals surface area contributed by atoms with Crippen molar-refractivity contribution in [3.8, 4) is 5.88 Å². The predicted molar refractivity (Wildman–Crippen MR) is 64.8 cm³/mol. The number of rotatable bonds is 7. The van der Waals surface area contributed by atoms with E-state index in [0.717, 1.165) is 0 Å². The highest BCUT2D eigenvalue weighted by Gasteiger charge is 2.24. The second kappa shape index (κ2) is 6.70. The van der Waals surface area contributed by atoms with Crippen molar-refractivity contribution in [3.05, 3.63) is 16.4 Å². The van der Waals surface area contributed by atoms with Crippen molar-refractivity contribution in [3.63, 3.8) is 0 Å². The van der Waals surface area contributed by atoms with Crippen LogP contribution in [0.1, 0.15) is 13.3 Å². The molecular formula is C10H16N4O4. The zero-order chi connectivity index (χ0) is 13.5. The summed E-state index contributed by atoms with van der Waals surface area (Å²) < 4.78 is 9.79. The molecule has 0 fully saturated rings. The number of methoxy groups -OCH3 is 2. The van der Waals surface area contributed by atoms with Crippen LogP contribution in [0.15, 0.2) is 6.33 Å². The molecule has 0 aliphatic heterocycles. The summed E-state index contributed by atoms with van der Waals surface area (Å²) in [6, 6.07) is -0.0109. The van der Waals surface area contributed by atoms with Gasteiger partial charge in [0.25, 0.3) is 5.88 Å². The largest absolute Gasteiger partial charge is 0.476 e. The third-order valence-corrected chi connectivity index (χ3v) is 2.30. The molecule has 1 rings (SSSR count). The number of nitro groups is 1. The van der Waals surface area contributed by atoms with Crippen molar-refractivity contribution >= 4 is 11.5 Å². The second-order valence-electron chi connectivity index (χ2n) is 3.66. The van der Waals surface area contributed by atoms with E-state index in [1.165, 1.54) is 13.4 Å². The summed E-state index contributed by atoms with van der Waals surface area (Å²) >= 11 is 0. The van der Waals surface area contributed by atoms with Gasteiger partial charge in [0.1, 0.15) is 6.33 Å². The third-order valence-electron chi connectivity index (χ3n) is 2.30. The molecule has 1 aromatic rings. The lowest BCUT2D eigenvalue weighted by Gasteiger charge is -2.14. The maximum atomic E-state index is 11.0. The molecule has 0 spiro atoms. The average Bonchev–Trinajstić information content (AvgIpc) is 2.35. The van der Waals surface area contributed by atoms with Gasteiger partial charge in [-0.1, -0.05) is 0 Å². The van der Waals surface area contributed by atoms with Crippen molar-refractivity contribution in [2.24, 2.45) is 0 Å². The maximum Gasteiger partial charge on any atom is 0.372 e. The van der Waals surface area contributed by atoms with Crippen LogP contribution in [0, 0.1) is 10.1 Å². The Balaban J connectivity index is 2.90. The summed E-state index contributed by atoms with van der Waals surface area (Å²) in [5.41, 5.74) is -0.260. The van der Waals surface area contributed by atoms with E-state index in [0.29, 0.717) is 13.0 Å². The van der Waals surface area contributed by atoms with Crippen molar-refractivity contribution < 1.29 is 14.4 Å². The Morgan fingerprint density at radius 3 is 2.78 bits per heavy atom. The van der Waals surface area contributed by atoms with Gasteiger partial charge in [-0.3, -0.25) is 10.1 Å². The monoisotopic (exact) mass is 256 g/mol. The smallest absolute Gasteiger partial charge is 0.372 e. The van der Waals surface area contributed by atoms with E-state index in [9.17, 15) is 10.1 Å². The highest BCUT2D eigenvalue weighted by atomic mass is 16.6. The molecule has 1 aromatic heterocycles. The molecule has 8 heteroatoms. The van der Waals surface area contributed by atoms with Gasteiger partial charge >= 0.3 is 5.69 Å². The Labute approximate surface area is 104 Å². The number of hydrogen-bond donors (Lipinski definition) is 1. The number of ether oxygens (including phenoxy) is 2. The second-order valence-corrected chi connectivity index (χ2v) is 3.66. The first kappa shape index (κ1) is 14.1. The first-order chi connectivity index (χ1) is 8.60. The first-order valence-corrected chi connectivity index (χ1v) is 5.39. The first-order valence-electron chi connectivity index (χ1n) is 5.39. The lowest BCUT2D eigenvalue weighted by molar-refractivity contribution is -0.385. The molecule has 0 amide bonds. The highest BCUT2D eigenvalue weighted by molar-refractivity contribution is 5.61. The number of hydrogen-bond acceptors (Lipinski definition) is 7. The molecule has 100 valence electrons. The SMILES string of the molecule is COCCC(C)Nc1ncnc(OC)c1[N+](=O)[O-]. The molecule has 1 N–H and O–H groups in total. The molecule has 0 bridgehead atoms. The minimum atomic E-state index is -0.565. The van der Waals surface area contributed by atoms with Gasteiger partial charge in [-0.15, -0.1) is 0 Å². The Kier molecular flexibility index (Phi) is 5.25. The molecule has 0 aromatic carbocycles. The Hall–Kier alpha value is -1.96. The van der Waals surface area contributed by atoms with Crippen LogP contribution >= 0.6 is 0 Å². The summed E-state index contributed by atoms with van der Waals surface area (Å²) in [6.07, 6.45) is 1.93. The number of aromatic nitrogens is 2. The minimum Gasteiger partial charge on any atom is -0.476 e. The van der Waals surface area contributed by atoms with Crippen LogP contribution in [0.2, 0.25) is 0 Å². The fraction of sp³-hybridized carbons (Fsp3) is 0.600. The zero-order valence-corrected chi connectivity index (χ0v) is 10.5. The van der Waals surface area contributed by atoms with Crippen LogP contribution in [0.25, 0.3) is 0 Å². The van der Waals surface area contributed by atoms with E-state index in [1.807, 2.05) is 6.92 Å². The molecule has 1 atom stereocenters. The molecule has 0 radical (unpaired) electrons. The van der Waals surface area contributed by atoms with Crippen molar-refractivity contribution in [2.75, 3.05) is 26.1 Å². The van der Waals surface area contributed by atoms with Gasteiger partial charge < -0.3 is 14.8 Å². The standard InChI is InChI=1S/C10H16N4O4/c1-7(4-5-17-2)13-9-8(14(15)16)10(18-3)12-6-11-9/h6-7H,4-5H2,1-3H3,(H,11,12,13). The fourth-order valence-electron chi connectivity index (χ4n) is 1.38. The van der Waals surface area contributed by atoms with Gasteiger partial charge in [-0.25, -0.2) is 4.98 Å². The van der Waals surface area contributed by atoms with Crippen LogP contribution < -0.4 is 10.1 Å². The summed E-state index contributed by atoms with van der Waals surface area (Å²) in [5.74, 6) is 0.0897. The normalized spacial score (nSPS) is 11.9. The molecular weight excluding hydrogens is 240 g/mol. The highest BCUT2D eigenvalue weighted by Crippen LogP contribution is 2.30. The fourth-order valence-corrected chi connectivity index (χ4v) is 1.38. The van der Waals surface area contributed by atoms with Crippen LogP contribution in [0.3, 0.4) is 0 Å². The summed E-state index contributed by atoms with van der Waals surface area (Å²) in [7, 11) is 2.93. The molecule has 1 unspecified atom stereocenters. The van der Waals surface area contributed by atoms with E-state index in [-0.39, 0.29) is 23.4 Å². The maximum absolute atomic E-state index is 11.0. The minimum absolute atomic E-state index is 0.0109. The van der Waals surface area contributed by atoms with Crippen molar-refractivity contribution in [1.29, 1.82) is 0 Å². The molecule has 18 heavy (non-hydrogen) atoms. The van der Waals surface area contributed by atoms with E-state index < -0.39 is 4.92 Å².